The van der Waals surface area contributed by atoms with Gasteiger partial charge in [-0.15, -0.1) is 0 Å². The van der Waals surface area contributed by atoms with Crippen LogP contribution in [0.25, 0.3) is 0 Å². The lowest BCUT2D eigenvalue weighted by Gasteiger charge is -2.30. The monoisotopic (exact) mass is 319 g/mol. The molecule has 2 atom stereocenters. The van der Waals surface area contributed by atoms with Gasteiger partial charge in [-0.3, -0.25) is 0 Å². The maximum atomic E-state index is 12.1. The molecule has 1 aliphatic carbocycles. The number of hydrogen-bond acceptors (Lipinski definition) is 5. The van der Waals surface area contributed by atoms with Crippen molar-refractivity contribution in [3.8, 4) is 0 Å². The second-order valence-electron chi connectivity index (χ2n) is 5.03. The largest absolute Gasteiger partial charge is 0.396 e. The van der Waals surface area contributed by atoms with Crippen molar-refractivity contribution in [2.24, 2.45) is 11.8 Å². The van der Waals surface area contributed by atoms with Gasteiger partial charge < -0.3 is 5.11 Å². The van der Waals surface area contributed by atoms with Crippen molar-refractivity contribution >= 4 is 21.6 Å². The van der Waals surface area contributed by atoms with Gasteiger partial charge in [0.2, 0.25) is 15.3 Å². The lowest BCUT2D eigenvalue weighted by Crippen LogP contribution is -2.35. The predicted molar refractivity (Wildman–Crippen MR) is 74.8 cm³/mol. The van der Waals surface area contributed by atoms with Crippen molar-refractivity contribution in [3.05, 3.63) is 17.7 Å². The lowest BCUT2D eigenvalue weighted by atomic mass is 9.80. The van der Waals surface area contributed by atoms with Crippen LogP contribution < -0.4 is 4.72 Å². The molecule has 0 aliphatic heterocycles. The number of aliphatic hydroxyl groups is 1. The van der Waals surface area contributed by atoms with E-state index in [1.165, 1.54) is 12.4 Å². The SMILES string of the molecule is O=S(=O)(NCC1CCCCC1CO)c1cnc(Cl)nc1. The van der Waals surface area contributed by atoms with Gasteiger partial charge >= 0.3 is 0 Å². The Morgan fingerprint density at radius 1 is 1.25 bits per heavy atom. The van der Waals surface area contributed by atoms with Gasteiger partial charge in [-0.25, -0.2) is 23.1 Å². The third-order valence-electron chi connectivity index (χ3n) is 3.74. The second kappa shape index (κ2) is 6.80. The van der Waals surface area contributed by atoms with Crippen LogP contribution in [0.4, 0.5) is 0 Å². The fourth-order valence-electron chi connectivity index (χ4n) is 2.53. The van der Waals surface area contributed by atoms with E-state index in [1.54, 1.807) is 0 Å². The van der Waals surface area contributed by atoms with Crippen molar-refractivity contribution in [1.82, 2.24) is 14.7 Å². The minimum absolute atomic E-state index is 0.00161. The Morgan fingerprint density at radius 2 is 1.85 bits per heavy atom. The summed E-state index contributed by atoms with van der Waals surface area (Å²) in [5.41, 5.74) is 0. The molecule has 0 spiro atoms. The molecule has 20 heavy (non-hydrogen) atoms. The summed E-state index contributed by atoms with van der Waals surface area (Å²) in [4.78, 5) is 7.33. The minimum Gasteiger partial charge on any atom is -0.396 e. The van der Waals surface area contributed by atoms with Crippen molar-refractivity contribution in [2.45, 2.75) is 30.6 Å². The van der Waals surface area contributed by atoms with Crippen LogP contribution in [-0.2, 0) is 10.0 Å². The van der Waals surface area contributed by atoms with E-state index in [2.05, 4.69) is 14.7 Å². The van der Waals surface area contributed by atoms with Crippen molar-refractivity contribution in [1.29, 1.82) is 0 Å². The first-order valence-corrected chi connectivity index (χ1v) is 8.47. The van der Waals surface area contributed by atoms with E-state index in [1.807, 2.05) is 0 Å². The predicted octanol–water partition coefficient (Wildman–Crippen LogP) is 1.21. The number of sulfonamides is 1. The van der Waals surface area contributed by atoms with Crippen LogP contribution in [0.3, 0.4) is 0 Å². The summed E-state index contributed by atoms with van der Waals surface area (Å²) in [7, 11) is -3.62. The molecule has 0 radical (unpaired) electrons. The molecule has 0 aromatic carbocycles. The highest BCUT2D eigenvalue weighted by molar-refractivity contribution is 7.89. The summed E-state index contributed by atoms with van der Waals surface area (Å²) in [6.07, 6.45) is 6.42. The number of aromatic nitrogens is 2. The zero-order chi connectivity index (χ0) is 14.6. The Labute approximate surface area is 123 Å². The summed E-state index contributed by atoms with van der Waals surface area (Å²) in [5.74, 6) is 0.352. The maximum absolute atomic E-state index is 12.1. The third-order valence-corrected chi connectivity index (χ3v) is 5.32. The van der Waals surface area contributed by atoms with Crippen LogP contribution in [0.2, 0.25) is 5.28 Å². The normalized spacial score (nSPS) is 23.7. The Bertz CT molecular complexity index is 535. The summed E-state index contributed by atoms with van der Waals surface area (Å²) in [6.45, 7) is 0.437. The Balaban J connectivity index is 1.99. The van der Waals surface area contributed by atoms with Crippen molar-refractivity contribution in [3.63, 3.8) is 0 Å². The molecule has 6 nitrogen and oxygen atoms in total. The highest BCUT2D eigenvalue weighted by Crippen LogP contribution is 2.29. The molecule has 1 saturated carbocycles. The number of halogens is 1. The van der Waals surface area contributed by atoms with E-state index in [-0.39, 0.29) is 28.6 Å². The maximum Gasteiger partial charge on any atom is 0.243 e. The molecule has 112 valence electrons. The van der Waals surface area contributed by atoms with Crippen molar-refractivity contribution in [2.75, 3.05) is 13.2 Å². The van der Waals surface area contributed by atoms with Gasteiger partial charge in [-0.2, -0.15) is 0 Å². The first-order valence-electron chi connectivity index (χ1n) is 6.61. The lowest BCUT2D eigenvalue weighted by molar-refractivity contribution is 0.136. The quantitative estimate of drug-likeness (QED) is 0.796. The summed E-state index contributed by atoms with van der Waals surface area (Å²) < 4.78 is 26.7. The van der Waals surface area contributed by atoms with Crippen LogP contribution in [0.5, 0.6) is 0 Å². The number of rotatable bonds is 5. The van der Waals surface area contributed by atoms with E-state index >= 15 is 0 Å². The van der Waals surface area contributed by atoms with E-state index in [0.717, 1.165) is 25.7 Å². The van der Waals surface area contributed by atoms with Gasteiger partial charge in [-0.05, 0) is 36.3 Å². The molecule has 1 heterocycles. The van der Waals surface area contributed by atoms with E-state index < -0.39 is 10.0 Å². The molecule has 2 unspecified atom stereocenters. The van der Waals surface area contributed by atoms with Gasteiger partial charge in [0.05, 0.1) is 12.4 Å². The fraction of sp³-hybridized carbons (Fsp3) is 0.667. The first-order chi connectivity index (χ1) is 9.53. The van der Waals surface area contributed by atoms with Crippen LogP contribution >= 0.6 is 11.6 Å². The van der Waals surface area contributed by atoms with E-state index in [0.29, 0.717) is 6.54 Å². The van der Waals surface area contributed by atoms with Gasteiger partial charge in [-0.1, -0.05) is 12.8 Å². The molecule has 8 heteroatoms. The Kier molecular flexibility index (Phi) is 5.31. The standard InChI is InChI=1S/C12H18ClN3O3S/c13-12-14-6-11(7-15-12)20(18,19)16-5-9-3-1-2-4-10(9)8-17/h6-7,9-10,16-17H,1-5,8H2. The average molecular weight is 320 g/mol. The number of nitrogens with one attached hydrogen (secondary N) is 1. The molecule has 1 aromatic rings. The fourth-order valence-corrected chi connectivity index (χ4v) is 3.61. The number of hydrogen-bond donors (Lipinski definition) is 2. The molecular weight excluding hydrogens is 302 g/mol. The molecule has 0 saturated heterocycles. The zero-order valence-electron chi connectivity index (χ0n) is 11.0. The first kappa shape index (κ1) is 15.6. The van der Waals surface area contributed by atoms with E-state index in [9.17, 15) is 13.5 Å². The topological polar surface area (TPSA) is 92.2 Å². The third kappa shape index (κ3) is 3.88. The smallest absolute Gasteiger partial charge is 0.243 e. The average Bonchev–Trinajstić information content (AvgIpc) is 2.46. The second-order valence-corrected chi connectivity index (χ2v) is 7.13. The minimum atomic E-state index is -3.62. The van der Waals surface area contributed by atoms with Crippen LogP contribution in [0.15, 0.2) is 17.3 Å². The van der Waals surface area contributed by atoms with Gasteiger partial charge in [0.1, 0.15) is 4.90 Å². The van der Waals surface area contributed by atoms with Gasteiger partial charge in [0.25, 0.3) is 0 Å². The van der Waals surface area contributed by atoms with Crippen LogP contribution in [-0.4, -0.2) is 36.6 Å². The molecule has 1 fully saturated rings. The molecule has 1 aromatic heterocycles. The highest BCUT2D eigenvalue weighted by Gasteiger charge is 2.26. The van der Waals surface area contributed by atoms with Crippen LogP contribution in [0, 0.1) is 11.8 Å². The van der Waals surface area contributed by atoms with Crippen molar-refractivity contribution < 1.29 is 13.5 Å². The Morgan fingerprint density at radius 3 is 2.45 bits per heavy atom. The van der Waals surface area contributed by atoms with Gasteiger partial charge in [0.15, 0.2) is 0 Å². The summed E-state index contributed by atoms with van der Waals surface area (Å²) in [5, 5.41) is 9.34. The van der Waals surface area contributed by atoms with Gasteiger partial charge in [0, 0.05) is 13.2 Å². The number of nitrogens with zero attached hydrogens (tertiary/aromatic N) is 2. The zero-order valence-corrected chi connectivity index (χ0v) is 12.6. The molecule has 2 rings (SSSR count). The molecule has 0 bridgehead atoms. The Hall–Kier alpha value is -0.760. The molecule has 2 N–H and O–H groups in total. The molecule has 0 amide bonds. The summed E-state index contributed by atoms with van der Waals surface area (Å²) >= 11 is 5.53. The molecule has 1 aliphatic rings. The van der Waals surface area contributed by atoms with Crippen LogP contribution in [0.1, 0.15) is 25.7 Å². The summed E-state index contributed by atoms with van der Waals surface area (Å²) in [6, 6.07) is 0. The number of aliphatic hydroxyl groups excluding tert-OH is 1. The highest BCUT2D eigenvalue weighted by atomic mass is 35.5. The molecular formula is C12H18ClN3O3S. The van der Waals surface area contributed by atoms with E-state index in [4.69, 9.17) is 11.6 Å².